The van der Waals surface area contributed by atoms with Gasteiger partial charge < -0.3 is 34.5 Å². The van der Waals surface area contributed by atoms with Gasteiger partial charge in [-0.2, -0.15) is 13.2 Å². The summed E-state index contributed by atoms with van der Waals surface area (Å²) in [7, 11) is -1.51. The first-order valence-electron chi connectivity index (χ1n) is 19.8. The number of sulfonamides is 1. The Labute approximate surface area is 343 Å². The number of benzene rings is 1. The number of halogens is 5. The summed E-state index contributed by atoms with van der Waals surface area (Å²) in [5.41, 5.74) is -1.01. The van der Waals surface area contributed by atoms with Gasteiger partial charge in [-0.15, -0.1) is 0 Å². The normalized spacial score (nSPS) is 25.5. The molecule has 21 heteroatoms. The van der Waals surface area contributed by atoms with Gasteiger partial charge in [-0.3, -0.25) is 19.1 Å². The molecule has 15 nitrogen and oxygen atoms in total. The summed E-state index contributed by atoms with van der Waals surface area (Å²) in [6.45, 7) is -1.41. The van der Waals surface area contributed by atoms with E-state index in [1.807, 2.05) is 0 Å². The minimum atomic E-state index is -4.95. The summed E-state index contributed by atoms with van der Waals surface area (Å²) in [6, 6.07) is -0.897. The van der Waals surface area contributed by atoms with Crippen molar-refractivity contribution >= 4 is 44.7 Å². The van der Waals surface area contributed by atoms with Crippen LogP contribution in [0.25, 0.3) is 10.9 Å². The van der Waals surface area contributed by atoms with E-state index >= 15 is 0 Å². The maximum atomic E-state index is 14.7. The Kier molecular flexibility index (Phi) is 13.8. The first kappa shape index (κ1) is 44.8. The molecule has 330 valence electrons. The Bertz CT molecular complexity index is 2080. The van der Waals surface area contributed by atoms with Crippen LogP contribution in [0.2, 0.25) is 0 Å². The topological polar surface area (TPSA) is 192 Å². The number of fused-ring (bicyclic) bond motifs is 4. The predicted molar refractivity (Wildman–Crippen MR) is 204 cm³/mol. The van der Waals surface area contributed by atoms with E-state index in [0.29, 0.717) is 36.8 Å². The summed E-state index contributed by atoms with van der Waals surface area (Å²) in [6.07, 6.45) is -4.61. The fraction of sp³-hybridized carbons (Fsp3) is 0.615. The van der Waals surface area contributed by atoms with Gasteiger partial charge in [-0.1, -0.05) is 25.0 Å². The molecule has 2 unspecified atom stereocenters. The molecule has 1 saturated carbocycles. The number of hydrogen-bond acceptors (Lipinski definition) is 11. The number of rotatable bonds is 10. The van der Waals surface area contributed by atoms with Crippen molar-refractivity contribution in [2.24, 2.45) is 0 Å². The number of hydrogen-bond donors (Lipinski definition) is 3. The van der Waals surface area contributed by atoms with Crippen molar-refractivity contribution < 1.29 is 68.5 Å². The third-order valence-electron chi connectivity index (χ3n) is 11.4. The largest absolute Gasteiger partial charge is 0.497 e. The molecule has 60 heavy (non-hydrogen) atoms. The molecular formula is C39H48F5N5O10S. The number of ether oxygens (including phenoxy) is 4. The maximum absolute atomic E-state index is 14.7. The molecule has 0 spiro atoms. The lowest BCUT2D eigenvalue weighted by Crippen LogP contribution is -2.60. The van der Waals surface area contributed by atoms with E-state index in [4.69, 9.17) is 14.2 Å². The van der Waals surface area contributed by atoms with Crippen LogP contribution in [-0.4, -0.2) is 111 Å². The molecule has 0 bridgehead atoms. The Morgan fingerprint density at radius 2 is 1.83 bits per heavy atom. The first-order chi connectivity index (χ1) is 28.5. The van der Waals surface area contributed by atoms with Gasteiger partial charge in [0.05, 0.1) is 25.3 Å². The molecule has 5 atom stereocenters. The lowest BCUT2D eigenvalue weighted by atomic mass is 9.93. The number of methoxy groups -OCH3 is 2. The Morgan fingerprint density at radius 1 is 1.07 bits per heavy atom. The third kappa shape index (κ3) is 9.87. The fourth-order valence-corrected chi connectivity index (χ4v) is 9.67. The highest BCUT2D eigenvalue weighted by atomic mass is 32.2. The van der Waals surface area contributed by atoms with E-state index in [1.54, 1.807) is 18.2 Å². The van der Waals surface area contributed by atoms with Crippen molar-refractivity contribution in [2.45, 2.75) is 125 Å². The summed E-state index contributed by atoms with van der Waals surface area (Å²) >= 11 is 0. The van der Waals surface area contributed by atoms with Crippen molar-refractivity contribution in [3.63, 3.8) is 0 Å². The van der Waals surface area contributed by atoms with Crippen LogP contribution in [0.5, 0.6) is 11.5 Å². The number of allylic oxidation sites excluding steroid dienone is 1. The second-order valence-electron chi connectivity index (χ2n) is 15.4. The average Bonchev–Trinajstić information content (AvgIpc) is 3.87. The van der Waals surface area contributed by atoms with Crippen LogP contribution in [0.15, 0.2) is 30.4 Å². The molecule has 4 amide bonds. The number of carbonyl (C=O) groups excluding carboxylic acids is 4. The molecular weight excluding hydrogens is 826 g/mol. The lowest BCUT2D eigenvalue weighted by Gasteiger charge is -2.39. The average molecular weight is 874 g/mol. The van der Waals surface area contributed by atoms with Gasteiger partial charge in [0.1, 0.15) is 34.7 Å². The van der Waals surface area contributed by atoms with Crippen molar-refractivity contribution in [2.75, 3.05) is 27.4 Å². The molecule has 1 aromatic carbocycles. The fourth-order valence-electron chi connectivity index (χ4n) is 8.13. The minimum absolute atomic E-state index is 0.0136. The third-order valence-corrected chi connectivity index (χ3v) is 13.5. The Hall–Kier alpha value is -4.79. The van der Waals surface area contributed by atoms with Gasteiger partial charge in [0, 0.05) is 18.1 Å². The van der Waals surface area contributed by atoms with Gasteiger partial charge in [0.15, 0.2) is 18.1 Å². The molecule has 3 N–H and O–H groups in total. The first-order valence-corrected chi connectivity index (χ1v) is 21.3. The van der Waals surface area contributed by atoms with Gasteiger partial charge in [-0.05, 0) is 82.4 Å². The highest BCUT2D eigenvalue weighted by Gasteiger charge is 2.56. The monoisotopic (exact) mass is 873 g/mol. The van der Waals surface area contributed by atoms with E-state index in [0.717, 1.165) is 4.90 Å². The summed E-state index contributed by atoms with van der Waals surface area (Å²) in [5, 5.41) is 5.30. The molecule has 1 aromatic heterocycles. The number of carbonyl (C=O) groups is 4. The van der Waals surface area contributed by atoms with E-state index in [-0.39, 0.29) is 69.1 Å². The zero-order valence-electron chi connectivity index (χ0n) is 33.0. The minimum Gasteiger partial charge on any atom is -0.497 e. The maximum Gasteiger partial charge on any atom is 0.437 e. The highest BCUT2D eigenvalue weighted by molar-refractivity contribution is 7.91. The smallest absolute Gasteiger partial charge is 0.437 e. The molecule has 3 aliphatic heterocycles. The molecule has 2 fully saturated rings. The van der Waals surface area contributed by atoms with Gasteiger partial charge >= 0.3 is 12.3 Å². The Morgan fingerprint density at radius 3 is 2.52 bits per heavy atom. The second-order valence-corrected chi connectivity index (χ2v) is 17.5. The highest BCUT2D eigenvalue weighted by Crippen LogP contribution is 2.46. The number of nitrogens with one attached hydrogen (secondary N) is 3. The summed E-state index contributed by atoms with van der Waals surface area (Å²) < 4.78 is 118. The second kappa shape index (κ2) is 18.4. The number of aryl methyl sites for hydroxylation is 1. The van der Waals surface area contributed by atoms with Crippen molar-refractivity contribution in [1.82, 2.24) is 25.2 Å². The number of nitrogens with zero attached hydrogens (tertiary/aromatic N) is 2. The number of alkyl carbamates (subject to hydrolysis) is 1. The van der Waals surface area contributed by atoms with E-state index in [2.05, 4.69) is 25.1 Å². The number of aromatic nitrogens is 1. The molecule has 1 aliphatic carbocycles. The SMILES string of the molecule is COCC1(S(=O)(=O)NC(=O)[C@H]2C/C=C\CCCCC[C@H](NC(=O)OCC(F)F)C(=O)N3C(C4CCc5c(c(C(F)(F)F)nc6ccc(OC)cc56)O4)CC[C@H]3C(=O)N2)CC1. The Balaban J connectivity index is 1.35. The molecule has 4 aliphatic rings. The lowest BCUT2D eigenvalue weighted by molar-refractivity contribution is -0.147. The van der Waals surface area contributed by atoms with Crippen LogP contribution in [0.1, 0.15) is 81.9 Å². The van der Waals surface area contributed by atoms with Crippen LogP contribution in [-0.2, 0) is 46.5 Å². The van der Waals surface area contributed by atoms with Crippen LogP contribution in [0.4, 0.5) is 26.7 Å². The van der Waals surface area contributed by atoms with Crippen molar-refractivity contribution in [3.8, 4) is 11.5 Å². The van der Waals surface area contributed by atoms with Crippen LogP contribution >= 0.6 is 0 Å². The molecule has 4 heterocycles. The van der Waals surface area contributed by atoms with Crippen molar-refractivity contribution in [1.29, 1.82) is 0 Å². The number of amides is 4. The van der Waals surface area contributed by atoms with Gasteiger partial charge in [0.25, 0.3) is 12.3 Å². The zero-order chi connectivity index (χ0) is 43.4. The molecule has 6 rings (SSSR count). The van der Waals surface area contributed by atoms with E-state index in [1.165, 1.54) is 26.4 Å². The summed E-state index contributed by atoms with van der Waals surface area (Å²) in [5.74, 6) is -2.94. The van der Waals surface area contributed by atoms with Crippen LogP contribution < -0.4 is 24.8 Å². The summed E-state index contributed by atoms with van der Waals surface area (Å²) in [4.78, 5) is 60.4. The number of pyridine rings is 1. The van der Waals surface area contributed by atoms with Gasteiger partial charge in [-0.25, -0.2) is 27.0 Å². The standard InChI is InChI=1S/C39H48F5N5O10S/c1-56-21-38(17-18-38)60(54,55)48-34(50)26-9-7-5-3-4-6-8-10-27(47-37(53)58-20-31(40)41)36(52)49-28(14-15-29(49)35(51)46-26)30-16-12-23-24-19-22(57-2)11-13-25(24)45-33(32(23)59-30)39(42,43)44/h5,7,11,13,19,26-31H,3-4,6,8-10,12,14-18,20-21H2,1-2H3,(H,46,51)(H,47,53)(H,48,50)/b7-5-/t26-,27+,28?,29+,30?/m1/s1. The number of alkyl halides is 5. The van der Waals surface area contributed by atoms with E-state index < -0.39 is 99.5 Å². The zero-order valence-corrected chi connectivity index (χ0v) is 33.8. The van der Waals surface area contributed by atoms with Crippen LogP contribution in [0.3, 0.4) is 0 Å². The van der Waals surface area contributed by atoms with E-state index in [9.17, 15) is 49.5 Å². The van der Waals surface area contributed by atoms with Crippen molar-refractivity contribution in [3.05, 3.63) is 41.6 Å². The van der Waals surface area contributed by atoms with Gasteiger partial charge in [0.2, 0.25) is 21.8 Å². The predicted octanol–water partition coefficient (Wildman–Crippen LogP) is 4.70. The molecule has 0 radical (unpaired) electrons. The molecule has 1 saturated heterocycles. The quantitative estimate of drug-likeness (QED) is 0.222. The van der Waals surface area contributed by atoms with Crippen LogP contribution in [0, 0.1) is 0 Å². The molecule has 2 aromatic rings.